The predicted molar refractivity (Wildman–Crippen MR) is 88.8 cm³/mol. The molecule has 0 saturated carbocycles. The first kappa shape index (κ1) is 14.9. The van der Waals surface area contributed by atoms with Crippen molar-refractivity contribution in [3.63, 3.8) is 0 Å². The number of carbonyl (C=O) groups excluding carboxylic acids is 1. The molecule has 1 aromatic heterocycles. The van der Waals surface area contributed by atoms with E-state index in [4.69, 9.17) is 0 Å². The lowest BCUT2D eigenvalue weighted by Gasteiger charge is -2.38. The third-order valence-corrected chi connectivity index (χ3v) is 5.81. The first-order chi connectivity index (χ1) is 11.2. The zero-order valence-corrected chi connectivity index (χ0v) is 13.9. The van der Waals surface area contributed by atoms with Crippen molar-refractivity contribution in [1.29, 1.82) is 0 Å². The lowest BCUT2D eigenvalue weighted by atomic mass is 9.88. The smallest absolute Gasteiger partial charge is 0.320 e. The van der Waals surface area contributed by atoms with Crippen molar-refractivity contribution in [3.05, 3.63) is 29.6 Å². The van der Waals surface area contributed by atoms with E-state index in [1.54, 1.807) is 0 Å². The zero-order chi connectivity index (χ0) is 15.8. The maximum atomic E-state index is 13.0. The molecule has 4 heterocycles. The van der Waals surface area contributed by atoms with Crippen LogP contribution in [0.2, 0.25) is 0 Å². The van der Waals surface area contributed by atoms with E-state index in [9.17, 15) is 4.79 Å². The van der Waals surface area contributed by atoms with E-state index in [-0.39, 0.29) is 6.03 Å². The van der Waals surface area contributed by atoms with Crippen LogP contribution in [0.5, 0.6) is 0 Å². The predicted octanol–water partition coefficient (Wildman–Crippen LogP) is 2.32. The van der Waals surface area contributed by atoms with Crippen molar-refractivity contribution in [2.45, 2.75) is 44.8 Å². The van der Waals surface area contributed by atoms with Gasteiger partial charge in [-0.1, -0.05) is 6.07 Å². The highest BCUT2D eigenvalue weighted by molar-refractivity contribution is 5.76. The van der Waals surface area contributed by atoms with Crippen LogP contribution in [0.1, 0.15) is 36.9 Å². The Balaban J connectivity index is 1.44. The Morgan fingerprint density at radius 1 is 1.17 bits per heavy atom. The van der Waals surface area contributed by atoms with Crippen LogP contribution >= 0.6 is 0 Å². The molecule has 0 unspecified atom stereocenters. The van der Waals surface area contributed by atoms with Crippen LogP contribution in [0.4, 0.5) is 4.79 Å². The fourth-order valence-electron chi connectivity index (χ4n) is 4.45. The topological polar surface area (TPSA) is 39.7 Å². The number of piperidine rings is 1. The summed E-state index contributed by atoms with van der Waals surface area (Å²) in [5, 5.41) is 0. The minimum atomic E-state index is 0.226. The number of fused-ring (bicyclic) bond motifs is 1. The Kier molecular flexibility index (Phi) is 3.97. The average molecular weight is 314 g/mol. The summed E-state index contributed by atoms with van der Waals surface area (Å²) in [5.74, 6) is 0.681. The van der Waals surface area contributed by atoms with Crippen LogP contribution in [0.15, 0.2) is 18.3 Å². The van der Waals surface area contributed by atoms with Gasteiger partial charge in [0, 0.05) is 25.3 Å². The third-order valence-electron chi connectivity index (χ3n) is 5.81. The minimum Gasteiger partial charge on any atom is -0.321 e. The van der Waals surface area contributed by atoms with Crippen LogP contribution < -0.4 is 0 Å². The first-order valence-corrected chi connectivity index (χ1v) is 8.89. The molecule has 0 aliphatic carbocycles. The Morgan fingerprint density at radius 3 is 2.78 bits per heavy atom. The third kappa shape index (κ3) is 2.82. The molecule has 0 spiro atoms. The van der Waals surface area contributed by atoms with E-state index in [0.717, 1.165) is 25.2 Å². The molecular weight excluding hydrogens is 288 g/mol. The molecule has 3 aliphatic rings. The van der Waals surface area contributed by atoms with Crippen molar-refractivity contribution in [1.82, 2.24) is 19.7 Å². The van der Waals surface area contributed by atoms with Gasteiger partial charge in [0.1, 0.15) is 0 Å². The fraction of sp³-hybridized carbons (Fsp3) is 0.667. The van der Waals surface area contributed by atoms with Crippen molar-refractivity contribution in [3.8, 4) is 0 Å². The standard InChI is InChI=1S/C18H26N4O/c1-20-10-6-14(7-11-20)17-5-3-9-22(17)18(23)21-12-15-4-2-8-19-16(15)13-21/h2,4,8,14,17H,3,5-7,9-13H2,1H3/t17-/m0/s1. The van der Waals surface area contributed by atoms with Crippen molar-refractivity contribution >= 4 is 6.03 Å². The van der Waals surface area contributed by atoms with Crippen LogP contribution in [-0.2, 0) is 13.1 Å². The highest BCUT2D eigenvalue weighted by Gasteiger charge is 2.38. The number of aromatic nitrogens is 1. The van der Waals surface area contributed by atoms with Crippen molar-refractivity contribution in [2.75, 3.05) is 26.7 Å². The van der Waals surface area contributed by atoms with Crippen LogP contribution in [0.25, 0.3) is 0 Å². The molecule has 1 atom stereocenters. The number of rotatable bonds is 1. The van der Waals surface area contributed by atoms with Crippen molar-refractivity contribution in [2.24, 2.45) is 5.92 Å². The molecule has 0 aromatic carbocycles. The number of carbonyl (C=O) groups is 1. The van der Waals surface area contributed by atoms with E-state index in [1.807, 2.05) is 17.2 Å². The van der Waals surface area contributed by atoms with E-state index in [1.165, 1.54) is 37.9 Å². The maximum Gasteiger partial charge on any atom is 0.320 e. The Morgan fingerprint density at radius 2 is 2.00 bits per heavy atom. The Bertz CT molecular complexity index is 557. The molecule has 5 nitrogen and oxygen atoms in total. The summed E-state index contributed by atoms with van der Waals surface area (Å²) in [6.07, 6.45) is 6.62. The molecule has 23 heavy (non-hydrogen) atoms. The molecule has 124 valence electrons. The molecule has 0 N–H and O–H groups in total. The lowest BCUT2D eigenvalue weighted by molar-refractivity contribution is 0.109. The van der Waals surface area contributed by atoms with Gasteiger partial charge in [0.05, 0.1) is 12.2 Å². The average Bonchev–Trinajstić information content (AvgIpc) is 3.21. The summed E-state index contributed by atoms with van der Waals surface area (Å²) < 4.78 is 0. The summed E-state index contributed by atoms with van der Waals surface area (Å²) in [6.45, 7) is 4.66. The molecule has 2 saturated heterocycles. The van der Waals surface area contributed by atoms with Crippen molar-refractivity contribution < 1.29 is 4.79 Å². The van der Waals surface area contributed by atoms with E-state index in [0.29, 0.717) is 18.5 Å². The molecule has 3 aliphatic heterocycles. The number of urea groups is 1. The number of hydrogen-bond acceptors (Lipinski definition) is 3. The summed E-state index contributed by atoms with van der Waals surface area (Å²) in [5.41, 5.74) is 2.27. The second kappa shape index (κ2) is 6.11. The number of hydrogen-bond donors (Lipinski definition) is 0. The van der Waals surface area contributed by atoms with Gasteiger partial charge in [-0.3, -0.25) is 4.98 Å². The number of likely N-dealkylation sites (tertiary alicyclic amines) is 2. The monoisotopic (exact) mass is 314 g/mol. The van der Waals surface area contributed by atoms with E-state index >= 15 is 0 Å². The van der Waals surface area contributed by atoms with Gasteiger partial charge in [-0.25, -0.2) is 4.79 Å². The molecule has 2 fully saturated rings. The number of amides is 2. The molecule has 0 radical (unpaired) electrons. The number of pyridine rings is 1. The largest absolute Gasteiger partial charge is 0.321 e. The highest BCUT2D eigenvalue weighted by Crippen LogP contribution is 2.33. The Labute approximate surface area is 138 Å². The van der Waals surface area contributed by atoms with Gasteiger partial charge in [0.2, 0.25) is 0 Å². The highest BCUT2D eigenvalue weighted by atomic mass is 16.2. The van der Waals surface area contributed by atoms with E-state index in [2.05, 4.69) is 27.9 Å². The van der Waals surface area contributed by atoms with Gasteiger partial charge >= 0.3 is 6.03 Å². The second-order valence-electron chi connectivity index (χ2n) is 7.29. The SMILES string of the molecule is CN1CCC([C@@H]2CCCN2C(=O)N2Cc3cccnc3C2)CC1. The lowest BCUT2D eigenvalue weighted by Crippen LogP contribution is -2.48. The molecule has 0 bridgehead atoms. The molecule has 1 aromatic rings. The van der Waals surface area contributed by atoms with Gasteiger partial charge < -0.3 is 14.7 Å². The van der Waals surface area contributed by atoms with Gasteiger partial charge in [-0.05, 0) is 63.4 Å². The number of nitrogens with zero attached hydrogens (tertiary/aromatic N) is 4. The van der Waals surface area contributed by atoms with Gasteiger partial charge in [-0.2, -0.15) is 0 Å². The second-order valence-corrected chi connectivity index (χ2v) is 7.29. The molecule has 2 amide bonds. The molecular formula is C18H26N4O. The van der Waals surface area contributed by atoms with Crippen LogP contribution in [0, 0.1) is 5.92 Å². The first-order valence-electron chi connectivity index (χ1n) is 8.89. The normalized spacial score (nSPS) is 25.9. The van der Waals surface area contributed by atoms with Crippen LogP contribution in [0.3, 0.4) is 0 Å². The van der Waals surface area contributed by atoms with Gasteiger partial charge in [0.15, 0.2) is 0 Å². The zero-order valence-electron chi connectivity index (χ0n) is 13.9. The summed E-state index contributed by atoms with van der Waals surface area (Å²) in [7, 11) is 2.20. The summed E-state index contributed by atoms with van der Waals surface area (Å²) >= 11 is 0. The fourth-order valence-corrected chi connectivity index (χ4v) is 4.45. The Hall–Kier alpha value is -1.62. The quantitative estimate of drug-likeness (QED) is 0.799. The molecule has 4 rings (SSSR count). The minimum absolute atomic E-state index is 0.226. The summed E-state index contributed by atoms with van der Waals surface area (Å²) in [6, 6.07) is 4.73. The maximum absolute atomic E-state index is 13.0. The molecule has 5 heteroatoms. The van der Waals surface area contributed by atoms with Crippen LogP contribution in [-0.4, -0.2) is 58.4 Å². The van der Waals surface area contributed by atoms with Gasteiger partial charge in [0.25, 0.3) is 0 Å². The van der Waals surface area contributed by atoms with E-state index < -0.39 is 0 Å². The summed E-state index contributed by atoms with van der Waals surface area (Å²) in [4.78, 5) is 24.0. The van der Waals surface area contributed by atoms with Gasteiger partial charge in [-0.15, -0.1) is 0 Å².